The van der Waals surface area contributed by atoms with Gasteiger partial charge in [0.25, 0.3) is 5.91 Å². The van der Waals surface area contributed by atoms with E-state index in [9.17, 15) is 4.79 Å². The van der Waals surface area contributed by atoms with Crippen LogP contribution < -0.4 is 15.4 Å². The molecule has 4 heteroatoms. The van der Waals surface area contributed by atoms with E-state index in [2.05, 4.69) is 22.8 Å². The monoisotopic (exact) mass is 336 g/mol. The quantitative estimate of drug-likeness (QED) is 0.859. The zero-order chi connectivity index (χ0) is 17.2. The number of ether oxygens (including phenoxy) is 1. The minimum atomic E-state index is -0.0952. The second kappa shape index (κ2) is 6.79. The molecule has 0 radical (unpaired) electrons. The largest absolute Gasteiger partial charge is 0.494 e. The minimum Gasteiger partial charge on any atom is -0.494 e. The Bertz CT molecular complexity index is 779. The predicted molar refractivity (Wildman–Crippen MR) is 101 cm³/mol. The summed E-state index contributed by atoms with van der Waals surface area (Å²) in [4.78, 5) is 12.6. The van der Waals surface area contributed by atoms with Crippen LogP contribution in [0.25, 0.3) is 0 Å². The molecule has 4 nitrogen and oxygen atoms in total. The molecular weight excluding hydrogens is 312 g/mol. The molecule has 1 amide bonds. The number of benzene rings is 2. The summed E-state index contributed by atoms with van der Waals surface area (Å²) in [6.07, 6.45) is 5.87. The third-order valence-electron chi connectivity index (χ3n) is 5.08. The van der Waals surface area contributed by atoms with Crippen LogP contribution in [-0.4, -0.2) is 19.6 Å². The number of anilines is 2. The Hall–Kier alpha value is -2.49. The highest BCUT2D eigenvalue weighted by molar-refractivity contribution is 6.05. The fraction of sp³-hybridized carbons (Fsp3) is 0.381. The van der Waals surface area contributed by atoms with Gasteiger partial charge in [0.15, 0.2) is 0 Å². The molecule has 1 aliphatic carbocycles. The van der Waals surface area contributed by atoms with Gasteiger partial charge in [-0.15, -0.1) is 0 Å². The molecular formula is C21H24N2O2. The summed E-state index contributed by atoms with van der Waals surface area (Å²) in [5.74, 6) is 1.30. The minimum absolute atomic E-state index is 0.0952. The molecule has 2 N–H and O–H groups in total. The van der Waals surface area contributed by atoms with Crippen LogP contribution in [0, 0.1) is 0 Å². The normalized spacial score (nSPS) is 16.4. The average Bonchev–Trinajstić information content (AvgIpc) is 3.48. The van der Waals surface area contributed by atoms with Gasteiger partial charge in [-0.3, -0.25) is 4.79 Å². The zero-order valence-corrected chi connectivity index (χ0v) is 14.6. The summed E-state index contributed by atoms with van der Waals surface area (Å²) in [7, 11) is 1.64. The van der Waals surface area contributed by atoms with Crippen LogP contribution in [0.1, 0.15) is 53.1 Å². The van der Waals surface area contributed by atoms with Gasteiger partial charge in [-0.25, -0.2) is 0 Å². The van der Waals surface area contributed by atoms with E-state index in [4.69, 9.17) is 4.74 Å². The molecule has 0 unspecified atom stereocenters. The Morgan fingerprint density at radius 3 is 2.68 bits per heavy atom. The first kappa shape index (κ1) is 16.0. The molecule has 1 aliphatic heterocycles. The van der Waals surface area contributed by atoms with E-state index >= 15 is 0 Å². The summed E-state index contributed by atoms with van der Waals surface area (Å²) in [6.45, 7) is 0.981. The third-order valence-corrected chi connectivity index (χ3v) is 5.08. The van der Waals surface area contributed by atoms with Gasteiger partial charge in [-0.05, 0) is 67.3 Å². The molecule has 0 spiro atoms. The van der Waals surface area contributed by atoms with E-state index in [1.807, 2.05) is 24.3 Å². The Kier molecular flexibility index (Phi) is 4.35. The van der Waals surface area contributed by atoms with Crippen LogP contribution in [0.5, 0.6) is 5.75 Å². The molecule has 1 saturated carbocycles. The van der Waals surface area contributed by atoms with Gasteiger partial charge in [0, 0.05) is 23.9 Å². The van der Waals surface area contributed by atoms with Crippen molar-refractivity contribution in [1.82, 2.24) is 0 Å². The first-order valence-corrected chi connectivity index (χ1v) is 9.10. The highest BCUT2D eigenvalue weighted by atomic mass is 16.5. The lowest BCUT2D eigenvalue weighted by molar-refractivity contribution is 0.102. The van der Waals surface area contributed by atoms with E-state index < -0.39 is 0 Å². The second-order valence-electron chi connectivity index (χ2n) is 6.94. The van der Waals surface area contributed by atoms with Gasteiger partial charge in [0.05, 0.1) is 12.8 Å². The molecule has 0 saturated heterocycles. The molecule has 0 bridgehead atoms. The number of amides is 1. The Balaban J connectivity index is 1.56. The molecule has 0 aromatic heterocycles. The van der Waals surface area contributed by atoms with Gasteiger partial charge < -0.3 is 15.4 Å². The van der Waals surface area contributed by atoms with Crippen molar-refractivity contribution in [3.8, 4) is 5.75 Å². The van der Waals surface area contributed by atoms with Crippen molar-refractivity contribution in [2.24, 2.45) is 0 Å². The highest BCUT2D eigenvalue weighted by Crippen LogP contribution is 2.40. The summed E-state index contributed by atoms with van der Waals surface area (Å²) in [6, 6.07) is 12.0. The van der Waals surface area contributed by atoms with Crippen LogP contribution in [0.2, 0.25) is 0 Å². The van der Waals surface area contributed by atoms with Crippen LogP contribution in [0.4, 0.5) is 11.4 Å². The molecule has 130 valence electrons. The van der Waals surface area contributed by atoms with Crippen LogP contribution >= 0.6 is 0 Å². The van der Waals surface area contributed by atoms with Crippen molar-refractivity contribution in [2.45, 2.75) is 38.0 Å². The number of hydrogen-bond acceptors (Lipinski definition) is 3. The molecule has 2 aliphatic rings. The van der Waals surface area contributed by atoms with Crippen molar-refractivity contribution in [3.63, 3.8) is 0 Å². The number of fused-ring (bicyclic) bond motifs is 1. The van der Waals surface area contributed by atoms with Gasteiger partial charge in [0.2, 0.25) is 0 Å². The lowest BCUT2D eigenvalue weighted by atomic mass is 10.1. The van der Waals surface area contributed by atoms with Crippen LogP contribution in [0.3, 0.4) is 0 Å². The lowest BCUT2D eigenvalue weighted by Gasteiger charge is -2.15. The van der Waals surface area contributed by atoms with Crippen LogP contribution in [0.15, 0.2) is 36.4 Å². The number of rotatable bonds is 4. The molecule has 25 heavy (non-hydrogen) atoms. The Morgan fingerprint density at radius 1 is 1.16 bits per heavy atom. The molecule has 4 rings (SSSR count). The maximum Gasteiger partial charge on any atom is 0.255 e. The lowest BCUT2D eigenvalue weighted by Crippen LogP contribution is -2.13. The van der Waals surface area contributed by atoms with Crippen molar-refractivity contribution in [1.29, 1.82) is 0 Å². The fourth-order valence-electron chi connectivity index (χ4n) is 3.44. The van der Waals surface area contributed by atoms with E-state index in [-0.39, 0.29) is 5.91 Å². The fourth-order valence-corrected chi connectivity index (χ4v) is 3.44. The third kappa shape index (κ3) is 3.48. The smallest absolute Gasteiger partial charge is 0.255 e. The molecule has 2 aromatic rings. The number of aryl methyl sites for hydroxylation is 1. The Morgan fingerprint density at radius 2 is 1.96 bits per heavy atom. The van der Waals surface area contributed by atoms with E-state index in [0.29, 0.717) is 17.2 Å². The standard InChI is InChI=1S/C21H24N2O2/c1-25-20-13-18-17(4-2-3-11-22-18)12-19(20)23-21(24)16-9-7-15(8-10-16)14-5-6-14/h7-10,12-14,22H,2-6,11H2,1H3,(H,23,24). The van der Waals surface area contributed by atoms with Gasteiger partial charge in [-0.2, -0.15) is 0 Å². The highest BCUT2D eigenvalue weighted by Gasteiger charge is 2.23. The van der Waals surface area contributed by atoms with Gasteiger partial charge >= 0.3 is 0 Å². The number of methoxy groups -OCH3 is 1. The number of carbonyl (C=O) groups excluding carboxylic acids is 1. The SMILES string of the molecule is COc1cc2c(cc1NC(=O)c1ccc(C3CC3)cc1)CCCCN2. The van der Waals surface area contributed by atoms with Gasteiger partial charge in [-0.1, -0.05) is 12.1 Å². The van der Waals surface area contributed by atoms with Crippen LogP contribution in [-0.2, 0) is 6.42 Å². The van der Waals surface area contributed by atoms with Crippen molar-refractivity contribution < 1.29 is 9.53 Å². The molecule has 1 fully saturated rings. The molecule has 0 atom stereocenters. The van der Waals surface area contributed by atoms with E-state index in [1.54, 1.807) is 7.11 Å². The van der Waals surface area contributed by atoms with Crippen molar-refractivity contribution in [3.05, 3.63) is 53.1 Å². The number of nitrogens with one attached hydrogen (secondary N) is 2. The first-order chi connectivity index (χ1) is 12.2. The summed E-state index contributed by atoms with van der Waals surface area (Å²) in [5, 5.41) is 6.46. The molecule has 1 heterocycles. The van der Waals surface area contributed by atoms with Crippen molar-refractivity contribution >= 4 is 17.3 Å². The van der Waals surface area contributed by atoms with E-state index in [1.165, 1.54) is 24.0 Å². The van der Waals surface area contributed by atoms with Gasteiger partial charge in [0.1, 0.15) is 5.75 Å². The van der Waals surface area contributed by atoms with E-state index in [0.717, 1.165) is 37.2 Å². The predicted octanol–water partition coefficient (Wildman–Crippen LogP) is 4.57. The number of hydrogen-bond donors (Lipinski definition) is 2. The summed E-state index contributed by atoms with van der Waals surface area (Å²) >= 11 is 0. The Labute approximate surface area is 148 Å². The number of carbonyl (C=O) groups is 1. The second-order valence-corrected chi connectivity index (χ2v) is 6.94. The zero-order valence-electron chi connectivity index (χ0n) is 14.6. The maximum atomic E-state index is 12.6. The topological polar surface area (TPSA) is 50.4 Å². The maximum absolute atomic E-state index is 12.6. The summed E-state index contributed by atoms with van der Waals surface area (Å²) < 4.78 is 5.49. The molecule has 2 aromatic carbocycles. The van der Waals surface area contributed by atoms with Crippen molar-refractivity contribution in [2.75, 3.05) is 24.3 Å². The summed E-state index contributed by atoms with van der Waals surface area (Å²) in [5.41, 5.74) is 5.10. The average molecular weight is 336 g/mol. The first-order valence-electron chi connectivity index (χ1n) is 9.10.